The average Bonchev–Trinajstić information content (AvgIpc) is 3.22. The standard InChI is InChI=1S/C17H30N4/c1-3-15-12-20(2)9-4-10-21(15)16-7-8-17(11-16,13-18)19-14-5-6-14/h14-16,19H,3-12H2,1-2H3. The molecule has 118 valence electrons. The van der Waals surface area contributed by atoms with E-state index in [9.17, 15) is 5.26 Å². The molecule has 0 radical (unpaired) electrons. The zero-order valence-electron chi connectivity index (χ0n) is 13.6. The molecule has 4 nitrogen and oxygen atoms in total. The Morgan fingerprint density at radius 2 is 2.10 bits per heavy atom. The Hall–Kier alpha value is -0.630. The minimum atomic E-state index is -0.234. The van der Waals surface area contributed by atoms with Crippen molar-refractivity contribution in [2.24, 2.45) is 0 Å². The number of hydrogen-bond acceptors (Lipinski definition) is 4. The van der Waals surface area contributed by atoms with Gasteiger partial charge in [0, 0.05) is 24.7 Å². The summed E-state index contributed by atoms with van der Waals surface area (Å²) in [5.74, 6) is 0. The number of rotatable bonds is 4. The minimum Gasteiger partial charge on any atom is -0.305 e. The first-order chi connectivity index (χ1) is 10.2. The Morgan fingerprint density at radius 1 is 1.29 bits per heavy atom. The van der Waals surface area contributed by atoms with Crippen molar-refractivity contribution >= 4 is 0 Å². The molecule has 2 aliphatic carbocycles. The Morgan fingerprint density at radius 3 is 2.76 bits per heavy atom. The highest BCUT2D eigenvalue weighted by Gasteiger charge is 2.45. The molecule has 1 aliphatic heterocycles. The van der Waals surface area contributed by atoms with Crippen LogP contribution in [0.25, 0.3) is 0 Å². The topological polar surface area (TPSA) is 42.3 Å². The van der Waals surface area contributed by atoms with Crippen molar-refractivity contribution < 1.29 is 0 Å². The van der Waals surface area contributed by atoms with Crippen LogP contribution in [0.15, 0.2) is 0 Å². The second-order valence-corrected chi connectivity index (χ2v) is 7.42. The van der Waals surface area contributed by atoms with Crippen molar-refractivity contribution in [1.29, 1.82) is 5.26 Å². The van der Waals surface area contributed by atoms with Crippen molar-refractivity contribution in [1.82, 2.24) is 15.1 Å². The van der Waals surface area contributed by atoms with Crippen molar-refractivity contribution in [3.05, 3.63) is 0 Å². The third-order valence-electron chi connectivity index (χ3n) is 5.65. The summed E-state index contributed by atoms with van der Waals surface area (Å²) in [4.78, 5) is 5.21. The lowest BCUT2D eigenvalue weighted by atomic mass is 9.98. The molecule has 1 saturated heterocycles. The van der Waals surface area contributed by atoms with E-state index in [2.05, 4.69) is 35.2 Å². The zero-order valence-corrected chi connectivity index (χ0v) is 13.6. The van der Waals surface area contributed by atoms with E-state index in [1.165, 1.54) is 51.7 Å². The van der Waals surface area contributed by atoms with E-state index in [1.54, 1.807) is 0 Å². The van der Waals surface area contributed by atoms with Crippen LogP contribution in [-0.2, 0) is 0 Å². The van der Waals surface area contributed by atoms with E-state index in [4.69, 9.17) is 0 Å². The number of nitrogens with one attached hydrogen (secondary N) is 1. The van der Waals surface area contributed by atoms with Crippen LogP contribution in [0.3, 0.4) is 0 Å². The van der Waals surface area contributed by atoms with Gasteiger partial charge in [0.1, 0.15) is 5.54 Å². The van der Waals surface area contributed by atoms with Gasteiger partial charge in [-0.3, -0.25) is 10.2 Å². The molecule has 2 saturated carbocycles. The molecular weight excluding hydrogens is 260 g/mol. The Labute approximate surface area is 129 Å². The summed E-state index contributed by atoms with van der Waals surface area (Å²) in [5, 5.41) is 13.3. The van der Waals surface area contributed by atoms with Gasteiger partial charge in [0.2, 0.25) is 0 Å². The van der Waals surface area contributed by atoms with Crippen LogP contribution < -0.4 is 5.32 Å². The van der Waals surface area contributed by atoms with Crippen molar-refractivity contribution in [3.63, 3.8) is 0 Å². The van der Waals surface area contributed by atoms with Gasteiger partial charge in [-0.25, -0.2) is 0 Å². The van der Waals surface area contributed by atoms with Crippen LogP contribution in [0.5, 0.6) is 0 Å². The second-order valence-electron chi connectivity index (χ2n) is 7.42. The molecule has 0 bridgehead atoms. The molecular formula is C17H30N4. The maximum atomic E-state index is 9.69. The molecule has 21 heavy (non-hydrogen) atoms. The first-order valence-corrected chi connectivity index (χ1v) is 8.79. The third-order valence-corrected chi connectivity index (χ3v) is 5.65. The molecule has 0 aromatic rings. The summed E-state index contributed by atoms with van der Waals surface area (Å²) in [6.07, 6.45) is 8.26. The fourth-order valence-corrected chi connectivity index (χ4v) is 4.29. The smallest absolute Gasteiger partial charge is 0.108 e. The number of nitrogens with zero attached hydrogens (tertiary/aromatic N) is 3. The minimum absolute atomic E-state index is 0.234. The van der Waals surface area contributed by atoms with Gasteiger partial charge in [-0.15, -0.1) is 0 Å². The lowest BCUT2D eigenvalue weighted by Gasteiger charge is -2.36. The van der Waals surface area contributed by atoms with Gasteiger partial charge < -0.3 is 4.90 Å². The molecule has 0 aromatic carbocycles. The molecule has 0 aromatic heterocycles. The highest BCUT2D eigenvalue weighted by Crippen LogP contribution is 2.37. The van der Waals surface area contributed by atoms with Crippen LogP contribution in [0.1, 0.15) is 51.9 Å². The molecule has 1 N–H and O–H groups in total. The van der Waals surface area contributed by atoms with E-state index < -0.39 is 0 Å². The van der Waals surface area contributed by atoms with Crippen LogP contribution in [-0.4, -0.2) is 60.1 Å². The molecule has 3 aliphatic rings. The van der Waals surface area contributed by atoms with Gasteiger partial charge in [0.05, 0.1) is 6.07 Å². The molecule has 0 spiro atoms. The maximum Gasteiger partial charge on any atom is 0.108 e. The van der Waals surface area contributed by atoms with Gasteiger partial charge >= 0.3 is 0 Å². The van der Waals surface area contributed by atoms with Crippen molar-refractivity contribution in [2.75, 3.05) is 26.7 Å². The van der Waals surface area contributed by atoms with Crippen LogP contribution >= 0.6 is 0 Å². The Bertz CT molecular complexity index is 400. The van der Waals surface area contributed by atoms with Crippen LogP contribution in [0.4, 0.5) is 0 Å². The quantitative estimate of drug-likeness (QED) is 0.859. The van der Waals surface area contributed by atoms with Gasteiger partial charge in [0.15, 0.2) is 0 Å². The predicted octanol–water partition coefficient (Wildman–Crippen LogP) is 1.97. The highest BCUT2D eigenvalue weighted by molar-refractivity contribution is 5.15. The fourth-order valence-electron chi connectivity index (χ4n) is 4.29. The Kier molecular flexibility index (Phi) is 4.54. The van der Waals surface area contributed by atoms with Crippen LogP contribution in [0.2, 0.25) is 0 Å². The molecule has 3 unspecified atom stereocenters. The van der Waals surface area contributed by atoms with Crippen LogP contribution in [0, 0.1) is 11.3 Å². The molecule has 0 amide bonds. The number of nitriles is 1. The molecule has 3 fully saturated rings. The van der Waals surface area contributed by atoms with Gasteiger partial charge in [0.25, 0.3) is 0 Å². The second kappa shape index (κ2) is 6.24. The Balaban J connectivity index is 1.67. The molecule has 3 atom stereocenters. The van der Waals surface area contributed by atoms with E-state index in [1.807, 2.05) is 0 Å². The van der Waals surface area contributed by atoms with E-state index in [-0.39, 0.29) is 5.54 Å². The van der Waals surface area contributed by atoms with Gasteiger partial charge in [-0.1, -0.05) is 6.92 Å². The number of hydrogen-bond donors (Lipinski definition) is 1. The summed E-state index contributed by atoms with van der Waals surface area (Å²) >= 11 is 0. The summed E-state index contributed by atoms with van der Waals surface area (Å²) in [5.41, 5.74) is -0.234. The highest BCUT2D eigenvalue weighted by atomic mass is 15.3. The predicted molar refractivity (Wildman–Crippen MR) is 85.0 cm³/mol. The summed E-state index contributed by atoms with van der Waals surface area (Å²) in [6.45, 7) is 5.91. The first kappa shape index (κ1) is 15.3. The maximum absolute atomic E-state index is 9.69. The van der Waals surface area contributed by atoms with E-state index in [0.29, 0.717) is 18.1 Å². The van der Waals surface area contributed by atoms with Crippen molar-refractivity contribution in [2.45, 2.75) is 75.5 Å². The number of likely N-dealkylation sites (N-methyl/N-ethyl adjacent to an activating group) is 1. The normalized spacial score (nSPS) is 39.1. The lowest BCUT2D eigenvalue weighted by molar-refractivity contribution is 0.126. The molecule has 3 rings (SSSR count). The van der Waals surface area contributed by atoms with Gasteiger partial charge in [-0.2, -0.15) is 5.26 Å². The zero-order chi connectivity index (χ0) is 14.9. The van der Waals surface area contributed by atoms with E-state index in [0.717, 1.165) is 12.8 Å². The first-order valence-electron chi connectivity index (χ1n) is 8.79. The van der Waals surface area contributed by atoms with E-state index >= 15 is 0 Å². The fraction of sp³-hybridized carbons (Fsp3) is 0.941. The third kappa shape index (κ3) is 3.41. The lowest BCUT2D eigenvalue weighted by Crippen LogP contribution is -2.48. The molecule has 1 heterocycles. The largest absolute Gasteiger partial charge is 0.305 e. The summed E-state index contributed by atoms with van der Waals surface area (Å²) in [6, 6.07) is 4.52. The van der Waals surface area contributed by atoms with Gasteiger partial charge in [-0.05, 0) is 65.1 Å². The average molecular weight is 290 g/mol. The monoisotopic (exact) mass is 290 g/mol. The SMILES string of the molecule is CCC1CN(C)CCCN1C1CCC(C#N)(NC2CC2)C1. The summed E-state index contributed by atoms with van der Waals surface area (Å²) < 4.78 is 0. The molecule has 4 heteroatoms. The summed E-state index contributed by atoms with van der Waals surface area (Å²) in [7, 11) is 2.25. The van der Waals surface area contributed by atoms with Crippen molar-refractivity contribution in [3.8, 4) is 6.07 Å².